The second-order valence-electron chi connectivity index (χ2n) is 5.81. The lowest BCUT2D eigenvalue weighted by Crippen LogP contribution is -2.34. The third-order valence-electron chi connectivity index (χ3n) is 3.66. The summed E-state index contributed by atoms with van der Waals surface area (Å²) in [5.41, 5.74) is 0.628. The van der Waals surface area contributed by atoms with Gasteiger partial charge in [0.05, 0.1) is 0 Å². The zero-order valence-corrected chi connectivity index (χ0v) is 12.4. The van der Waals surface area contributed by atoms with E-state index in [-0.39, 0.29) is 12.0 Å². The van der Waals surface area contributed by atoms with Crippen LogP contribution in [0.25, 0.3) is 10.8 Å². The van der Waals surface area contributed by atoms with Crippen molar-refractivity contribution in [1.82, 2.24) is 0 Å². The topological polar surface area (TPSA) is 58.9 Å². The Hall–Kier alpha value is -1.03. The minimum atomic E-state index is -3.72. The molecule has 2 aromatic carbocycles. The highest BCUT2D eigenvalue weighted by molar-refractivity contribution is 7.54. The molecule has 4 nitrogen and oxygen atoms in total. The number of hydrogen-bond acceptors (Lipinski definition) is 4. The predicted molar refractivity (Wildman–Crippen MR) is 78.9 cm³/mol. The molecule has 1 atom stereocenters. The van der Waals surface area contributed by atoms with Crippen molar-refractivity contribution in [3.63, 3.8) is 0 Å². The smallest absolute Gasteiger partial charge is 0.168 e. The summed E-state index contributed by atoms with van der Waals surface area (Å²) in [4.78, 5) is 19.5. The van der Waals surface area contributed by atoms with Crippen LogP contribution < -0.4 is 0 Å². The standard InChI is InChI=1S/C15H18O4P/c1-15(2)10-18-20(16,17)19-14(15)13-9-5-7-11-6-3-4-8-12(11)13/h3-9,14,16-17H,10H2,1-2H3/q+1. The van der Waals surface area contributed by atoms with Gasteiger partial charge in [-0.15, -0.1) is 4.52 Å². The second kappa shape index (κ2) is 4.76. The second-order valence-corrected chi connectivity index (χ2v) is 7.26. The van der Waals surface area contributed by atoms with E-state index in [1.54, 1.807) is 0 Å². The molecule has 1 aliphatic heterocycles. The fraction of sp³-hybridized carbons (Fsp3) is 0.333. The Labute approximate surface area is 118 Å². The molecule has 1 heterocycles. The molecule has 1 saturated heterocycles. The molecule has 0 aromatic heterocycles. The molecule has 0 bridgehead atoms. The van der Waals surface area contributed by atoms with E-state index in [9.17, 15) is 9.79 Å². The Morgan fingerprint density at radius 1 is 1.10 bits per heavy atom. The van der Waals surface area contributed by atoms with Crippen LogP contribution in [0.1, 0.15) is 25.5 Å². The molecule has 0 spiro atoms. The average molecular weight is 293 g/mol. The van der Waals surface area contributed by atoms with Crippen LogP contribution >= 0.6 is 8.17 Å². The summed E-state index contributed by atoms with van der Waals surface area (Å²) in [6.45, 7) is 4.25. The van der Waals surface area contributed by atoms with Gasteiger partial charge in [-0.3, -0.25) is 0 Å². The molecular formula is C15H18O4P+. The minimum Gasteiger partial charge on any atom is -0.168 e. The molecule has 2 aromatic rings. The van der Waals surface area contributed by atoms with Gasteiger partial charge in [0.2, 0.25) is 0 Å². The van der Waals surface area contributed by atoms with Gasteiger partial charge in [-0.05, 0) is 16.3 Å². The van der Waals surface area contributed by atoms with Gasteiger partial charge in [-0.2, -0.15) is 14.3 Å². The van der Waals surface area contributed by atoms with Crippen LogP contribution in [0.2, 0.25) is 0 Å². The first-order valence-electron chi connectivity index (χ1n) is 6.54. The summed E-state index contributed by atoms with van der Waals surface area (Å²) < 4.78 is 10.5. The lowest BCUT2D eigenvalue weighted by Gasteiger charge is -2.36. The predicted octanol–water partition coefficient (Wildman–Crippen LogP) is 3.62. The van der Waals surface area contributed by atoms with E-state index in [1.807, 2.05) is 56.3 Å². The lowest BCUT2D eigenvalue weighted by atomic mass is 9.82. The highest BCUT2D eigenvalue weighted by Crippen LogP contribution is 2.63. The van der Waals surface area contributed by atoms with E-state index < -0.39 is 14.3 Å². The van der Waals surface area contributed by atoms with Gasteiger partial charge in [0.15, 0.2) is 0 Å². The quantitative estimate of drug-likeness (QED) is 0.788. The largest absolute Gasteiger partial charge is 0.570 e. The van der Waals surface area contributed by atoms with Crippen LogP contribution in [0.15, 0.2) is 42.5 Å². The Morgan fingerprint density at radius 2 is 1.80 bits per heavy atom. The van der Waals surface area contributed by atoms with Crippen LogP contribution in [0.3, 0.4) is 0 Å². The van der Waals surface area contributed by atoms with Crippen molar-refractivity contribution in [3.05, 3.63) is 48.0 Å². The zero-order chi connectivity index (χ0) is 14.4. The molecule has 3 rings (SSSR count). The molecule has 1 unspecified atom stereocenters. The van der Waals surface area contributed by atoms with Crippen molar-refractivity contribution in [1.29, 1.82) is 0 Å². The molecule has 5 heteroatoms. The summed E-state index contributed by atoms with van der Waals surface area (Å²) in [6, 6.07) is 14.0. The van der Waals surface area contributed by atoms with Crippen LogP contribution in [0.5, 0.6) is 0 Å². The molecule has 1 fully saturated rings. The van der Waals surface area contributed by atoms with Gasteiger partial charge in [0.1, 0.15) is 12.7 Å². The molecule has 20 heavy (non-hydrogen) atoms. The Balaban J connectivity index is 2.13. The van der Waals surface area contributed by atoms with Gasteiger partial charge in [-0.1, -0.05) is 56.3 Å². The Kier molecular flexibility index (Phi) is 3.32. The summed E-state index contributed by atoms with van der Waals surface area (Å²) in [7, 11) is -3.72. The van der Waals surface area contributed by atoms with Crippen LogP contribution in [-0.4, -0.2) is 16.4 Å². The number of benzene rings is 2. The number of fused-ring (bicyclic) bond motifs is 1. The van der Waals surface area contributed by atoms with Crippen LogP contribution in [0.4, 0.5) is 0 Å². The molecule has 0 saturated carbocycles. The summed E-state index contributed by atoms with van der Waals surface area (Å²) in [5.74, 6) is 0. The lowest BCUT2D eigenvalue weighted by molar-refractivity contribution is -0.0626. The number of hydrogen-bond donors (Lipinski definition) is 2. The van der Waals surface area contributed by atoms with Gasteiger partial charge in [-0.25, -0.2) is 0 Å². The normalized spacial score (nSPS) is 24.7. The first-order chi connectivity index (χ1) is 9.39. The van der Waals surface area contributed by atoms with E-state index in [1.165, 1.54) is 0 Å². The summed E-state index contributed by atoms with van der Waals surface area (Å²) in [5, 5.41) is 2.17. The van der Waals surface area contributed by atoms with Gasteiger partial charge in [0, 0.05) is 5.41 Å². The third kappa shape index (κ3) is 2.46. The SMILES string of the molecule is CC1(C)CO[P+](O)(O)OC1c1cccc2ccccc12. The van der Waals surface area contributed by atoms with Crippen LogP contribution in [-0.2, 0) is 9.05 Å². The minimum absolute atomic E-state index is 0.252. The zero-order valence-electron chi connectivity index (χ0n) is 11.5. The number of rotatable bonds is 1. The van der Waals surface area contributed by atoms with Crippen molar-refractivity contribution in [3.8, 4) is 0 Å². The first-order valence-corrected chi connectivity index (χ1v) is 8.07. The van der Waals surface area contributed by atoms with Crippen molar-refractivity contribution >= 4 is 18.9 Å². The third-order valence-corrected chi connectivity index (χ3v) is 4.61. The van der Waals surface area contributed by atoms with E-state index >= 15 is 0 Å². The summed E-state index contributed by atoms with van der Waals surface area (Å²) >= 11 is 0. The molecule has 1 aliphatic rings. The van der Waals surface area contributed by atoms with E-state index in [2.05, 4.69) is 0 Å². The van der Waals surface area contributed by atoms with Gasteiger partial charge in [0.25, 0.3) is 0 Å². The van der Waals surface area contributed by atoms with Crippen molar-refractivity contribution < 1.29 is 18.8 Å². The summed E-state index contributed by atoms with van der Waals surface area (Å²) in [6.07, 6.45) is -0.411. The first kappa shape index (κ1) is 13.9. The van der Waals surface area contributed by atoms with E-state index in [0.29, 0.717) is 0 Å². The maximum Gasteiger partial charge on any atom is 0.570 e. The molecule has 0 amide bonds. The molecule has 2 N–H and O–H groups in total. The van der Waals surface area contributed by atoms with Crippen molar-refractivity contribution in [2.45, 2.75) is 20.0 Å². The van der Waals surface area contributed by atoms with E-state index in [4.69, 9.17) is 9.05 Å². The molecule has 106 valence electrons. The van der Waals surface area contributed by atoms with Crippen molar-refractivity contribution in [2.24, 2.45) is 5.41 Å². The Morgan fingerprint density at radius 3 is 2.60 bits per heavy atom. The Bertz CT molecular complexity index is 633. The molecule has 0 aliphatic carbocycles. The maximum atomic E-state index is 9.73. The highest BCUT2D eigenvalue weighted by atomic mass is 31.2. The van der Waals surface area contributed by atoms with Gasteiger partial charge < -0.3 is 0 Å². The fourth-order valence-electron chi connectivity index (χ4n) is 2.59. The van der Waals surface area contributed by atoms with Gasteiger partial charge >= 0.3 is 8.17 Å². The maximum absolute atomic E-state index is 9.73. The molecular weight excluding hydrogens is 275 g/mol. The molecule has 0 radical (unpaired) electrons. The highest BCUT2D eigenvalue weighted by Gasteiger charge is 2.54. The van der Waals surface area contributed by atoms with Crippen molar-refractivity contribution in [2.75, 3.05) is 6.61 Å². The monoisotopic (exact) mass is 293 g/mol. The fourth-order valence-corrected chi connectivity index (χ4v) is 3.83. The van der Waals surface area contributed by atoms with E-state index in [0.717, 1.165) is 16.3 Å². The average Bonchev–Trinajstić information content (AvgIpc) is 2.41. The van der Waals surface area contributed by atoms with Crippen LogP contribution in [0, 0.1) is 5.41 Å².